The van der Waals surface area contributed by atoms with Gasteiger partial charge in [0.15, 0.2) is 5.82 Å². The second-order valence-corrected chi connectivity index (χ2v) is 5.55. The number of rotatable bonds is 5. The first kappa shape index (κ1) is 16.7. The number of carbonyl (C=O) groups excluding carboxylic acids is 1. The molecule has 2 aromatic heterocycles. The molecule has 0 fully saturated rings. The van der Waals surface area contributed by atoms with Crippen molar-refractivity contribution in [2.45, 2.75) is 6.54 Å². The van der Waals surface area contributed by atoms with Crippen LogP contribution in [0.15, 0.2) is 55.1 Å². The molecule has 0 bridgehead atoms. The van der Waals surface area contributed by atoms with Gasteiger partial charge in [-0.25, -0.2) is 9.97 Å². The Kier molecular flexibility index (Phi) is 5.06. The van der Waals surface area contributed by atoms with Crippen LogP contribution in [0.2, 0.25) is 5.02 Å². The first-order valence-corrected chi connectivity index (χ1v) is 7.81. The molecule has 3 rings (SSSR count). The molecule has 0 saturated heterocycles. The molecule has 3 aromatic rings. The third-order valence-corrected chi connectivity index (χ3v) is 3.78. The number of hydrogen-bond donors (Lipinski definition) is 3. The van der Waals surface area contributed by atoms with E-state index >= 15 is 0 Å². The van der Waals surface area contributed by atoms with Crippen LogP contribution in [-0.2, 0) is 6.54 Å². The van der Waals surface area contributed by atoms with Crippen molar-refractivity contribution in [2.24, 2.45) is 0 Å². The van der Waals surface area contributed by atoms with Crippen molar-refractivity contribution in [3.8, 4) is 0 Å². The standard InChI is InChI=1S/C17H15ClN6O/c18-14-15(19)22-10-23-16(14)21-8-11-3-5-13(6-4-11)24-17(25)12-2-1-7-20-9-12/h1-7,9-10H,8H2,(H,24,25)(H3,19,21,22,23). The number of amides is 1. The summed E-state index contributed by atoms with van der Waals surface area (Å²) in [7, 11) is 0. The first-order valence-electron chi connectivity index (χ1n) is 7.43. The molecule has 1 aromatic carbocycles. The Balaban J connectivity index is 1.61. The predicted octanol–water partition coefficient (Wildman–Crippen LogP) is 2.97. The highest BCUT2D eigenvalue weighted by atomic mass is 35.5. The summed E-state index contributed by atoms with van der Waals surface area (Å²) < 4.78 is 0. The fraction of sp³-hybridized carbons (Fsp3) is 0.0588. The fourth-order valence-electron chi connectivity index (χ4n) is 2.10. The highest BCUT2D eigenvalue weighted by Gasteiger charge is 2.07. The van der Waals surface area contributed by atoms with Crippen molar-refractivity contribution >= 4 is 34.8 Å². The highest BCUT2D eigenvalue weighted by Crippen LogP contribution is 2.23. The Morgan fingerprint density at radius 3 is 2.68 bits per heavy atom. The van der Waals surface area contributed by atoms with Crippen LogP contribution in [-0.4, -0.2) is 20.9 Å². The average Bonchev–Trinajstić information content (AvgIpc) is 2.65. The fourth-order valence-corrected chi connectivity index (χ4v) is 2.26. The number of nitrogens with one attached hydrogen (secondary N) is 2. The lowest BCUT2D eigenvalue weighted by molar-refractivity contribution is 0.102. The maximum Gasteiger partial charge on any atom is 0.257 e. The summed E-state index contributed by atoms with van der Waals surface area (Å²) in [5.41, 5.74) is 7.83. The van der Waals surface area contributed by atoms with Gasteiger partial charge in [0.1, 0.15) is 17.2 Å². The lowest BCUT2D eigenvalue weighted by atomic mass is 10.2. The molecule has 0 aliphatic heterocycles. The number of anilines is 3. The molecule has 0 unspecified atom stereocenters. The van der Waals surface area contributed by atoms with E-state index in [9.17, 15) is 4.79 Å². The summed E-state index contributed by atoms with van der Waals surface area (Å²) in [6.07, 6.45) is 4.49. The van der Waals surface area contributed by atoms with E-state index in [4.69, 9.17) is 17.3 Å². The van der Waals surface area contributed by atoms with Gasteiger partial charge < -0.3 is 16.4 Å². The number of benzene rings is 1. The van der Waals surface area contributed by atoms with E-state index in [1.54, 1.807) is 18.3 Å². The zero-order valence-electron chi connectivity index (χ0n) is 13.1. The van der Waals surface area contributed by atoms with Crippen molar-refractivity contribution in [1.29, 1.82) is 0 Å². The number of nitrogen functional groups attached to an aromatic ring is 1. The average molecular weight is 355 g/mol. The van der Waals surface area contributed by atoms with Crippen molar-refractivity contribution in [3.05, 3.63) is 71.3 Å². The van der Waals surface area contributed by atoms with E-state index in [-0.39, 0.29) is 11.7 Å². The van der Waals surface area contributed by atoms with Gasteiger partial charge >= 0.3 is 0 Å². The van der Waals surface area contributed by atoms with Gasteiger partial charge in [0.2, 0.25) is 0 Å². The largest absolute Gasteiger partial charge is 0.382 e. The number of pyridine rings is 1. The normalized spacial score (nSPS) is 10.3. The van der Waals surface area contributed by atoms with Gasteiger partial charge in [0, 0.05) is 24.6 Å². The van der Waals surface area contributed by atoms with E-state index in [1.807, 2.05) is 24.3 Å². The minimum atomic E-state index is -0.206. The number of carbonyl (C=O) groups is 1. The summed E-state index contributed by atoms with van der Waals surface area (Å²) in [5.74, 6) is 0.498. The minimum Gasteiger partial charge on any atom is -0.382 e. The van der Waals surface area contributed by atoms with E-state index in [1.165, 1.54) is 12.5 Å². The van der Waals surface area contributed by atoms with E-state index in [0.717, 1.165) is 5.56 Å². The quantitative estimate of drug-likeness (QED) is 0.650. The van der Waals surface area contributed by atoms with Crippen LogP contribution in [0, 0.1) is 0 Å². The number of hydrogen-bond acceptors (Lipinski definition) is 6. The molecule has 0 aliphatic carbocycles. The van der Waals surface area contributed by atoms with Crippen LogP contribution in [0.1, 0.15) is 15.9 Å². The third kappa shape index (κ3) is 4.21. The third-order valence-electron chi connectivity index (χ3n) is 3.41. The molecule has 4 N–H and O–H groups in total. The monoisotopic (exact) mass is 354 g/mol. The predicted molar refractivity (Wildman–Crippen MR) is 97.4 cm³/mol. The number of nitrogens with zero attached hydrogens (tertiary/aromatic N) is 3. The van der Waals surface area contributed by atoms with Crippen LogP contribution < -0.4 is 16.4 Å². The summed E-state index contributed by atoms with van der Waals surface area (Å²) in [4.78, 5) is 23.9. The summed E-state index contributed by atoms with van der Waals surface area (Å²) in [6.45, 7) is 0.507. The molecular formula is C17H15ClN6O. The Morgan fingerprint density at radius 1 is 1.16 bits per heavy atom. The molecule has 2 heterocycles. The van der Waals surface area contributed by atoms with Gasteiger partial charge in [-0.05, 0) is 29.8 Å². The Bertz CT molecular complexity index is 870. The maximum atomic E-state index is 12.1. The van der Waals surface area contributed by atoms with Gasteiger partial charge in [-0.1, -0.05) is 23.7 Å². The van der Waals surface area contributed by atoms with Gasteiger partial charge in [0.05, 0.1) is 5.56 Å². The molecule has 7 nitrogen and oxygen atoms in total. The van der Waals surface area contributed by atoms with Gasteiger partial charge in [-0.15, -0.1) is 0 Å². The van der Waals surface area contributed by atoms with Crippen LogP contribution >= 0.6 is 11.6 Å². The van der Waals surface area contributed by atoms with Crippen LogP contribution in [0.3, 0.4) is 0 Å². The second kappa shape index (κ2) is 7.59. The van der Waals surface area contributed by atoms with Crippen LogP contribution in [0.25, 0.3) is 0 Å². The van der Waals surface area contributed by atoms with E-state index in [2.05, 4.69) is 25.6 Å². The van der Waals surface area contributed by atoms with Crippen molar-refractivity contribution in [2.75, 3.05) is 16.4 Å². The first-order chi connectivity index (χ1) is 12.1. The zero-order valence-corrected chi connectivity index (χ0v) is 13.9. The Labute approximate surface area is 149 Å². The van der Waals surface area contributed by atoms with Gasteiger partial charge in [-0.2, -0.15) is 0 Å². The Hall–Kier alpha value is -3.19. The summed E-state index contributed by atoms with van der Waals surface area (Å²) in [6, 6.07) is 10.9. The van der Waals surface area contributed by atoms with Crippen LogP contribution in [0.4, 0.5) is 17.3 Å². The molecule has 0 atom stereocenters. The molecule has 126 valence electrons. The van der Waals surface area contributed by atoms with Gasteiger partial charge in [0.25, 0.3) is 5.91 Å². The van der Waals surface area contributed by atoms with Crippen molar-refractivity contribution < 1.29 is 4.79 Å². The maximum absolute atomic E-state index is 12.1. The molecule has 25 heavy (non-hydrogen) atoms. The second-order valence-electron chi connectivity index (χ2n) is 5.17. The van der Waals surface area contributed by atoms with Crippen LogP contribution in [0.5, 0.6) is 0 Å². The molecular weight excluding hydrogens is 340 g/mol. The van der Waals surface area contributed by atoms with E-state index in [0.29, 0.717) is 28.6 Å². The molecule has 0 saturated carbocycles. The molecule has 0 spiro atoms. The number of halogens is 1. The van der Waals surface area contributed by atoms with Gasteiger partial charge in [-0.3, -0.25) is 9.78 Å². The molecule has 0 radical (unpaired) electrons. The molecule has 1 amide bonds. The van der Waals surface area contributed by atoms with Crippen molar-refractivity contribution in [1.82, 2.24) is 15.0 Å². The number of nitrogens with two attached hydrogens (primary N) is 1. The van der Waals surface area contributed by atoms with E-state index < -0.39 is 0 Å². The highest BCUT2D eigenvalue weighted by molar-refractivity contribution is 6.35. The summed E-state index contributed by atoms with van der Waals surface area (Å²) >= 11 is 6.04. The summed E-state index contributed by atoms with van der Waals surface area (Å²) in [5, 5.41) is 6.21. The topological polar surface area (TPSA) is 106 Å². The smallest absolute Gasteiger partial charge is 0.257 e. The SMILES string of the molecule is Nc1ncnc(NCc2ccc(NC(=O)c3cccnc3)cc2)c1Cl. The lowest BCUT2D eigenvalue weighted by Gasteiger charge is -2.09. The minimum absolute atomic E-state index is 0.206. The zero-order chi connectivity index (χ0) is 17.6. The van der Waals surface area contributed by atoms with Crippen molar-refractivity contribution in [3.63, 3.8) is 0 Å². The Morgan fingerprint density at radius 2 is 1.96 bits per heavy atom. The lowest BCUT2D eigenvalue weighted by Crippen LogP contribution is -2.12. The number of aromatic nitrogens is 3. The molecule has 8 heteroatoms. The molecule has 0 aliphatic rings.